The van der Waals surface area contributed by atoms with Crippen molar-refractivity contribution in [1.82, 2.24) is 0 Å². The minimum atomic E-state index is -0.762. The number of halogens is 5. The van der Waals surface area contributed by atoms with E-state index in [0.717, 1.165) is 11.0 Å². The molecule has 0 spiro atoms. The third-order valence-electron chi connectivity index (χ3n) is 3.39. The lowest BCUT2D eigenvalue weighted by atomic mass is 10.1. The van der Waals surface area contributed by atoms with E-state index >= 15 is 0 Å². The van der Waals surface area contributed by atoms with Gasteiger partial charge in [0.05, 0.1) is 20.6 Å². The van der Waals surface area contributed by atoms with Crippen LogP contribution < -0.4 is 4.90 Å². The molecule has 2 aromatic rings. The van der Waals surface area contributed by atoms with Gasteiger partial charge in [0.25, 0.3) is 5.91 Å². The van der Waals surface area contributed by atoms with Crippen molar-refractivity contribution in [2.75, 3.05) is 11.4 Å². The first-order valence-electron chi connectivity index (χ1n) is 8.02. The van der Waals surface area contributed by atoms with Crippen LogP contribution in [-0.2, 0) is 9.53 Å². The van der Waals surface area contributed by atoms with Gasteiger partial charge in [0.15, 0.2) is 0 Å². The van der Waals surface area contributed by atoms with Crippen molar-refractivity contribution in [2.45, 2.75) is 26.4 Å². The van der Waals surface area contributed by atoms with Crippen molar-refractivity contribution in [3.63, 3.8) is 0 Å². The van der Waals surface area contributed by atoms with Crippen LogP contribution in [0.5, 0.6) is 0 Å². The van der Waals surface area contributed by atoms with Crippen molar-refractivity contribution in [3.8, 4) is 0 Å². The molecule has 0 N–H and O–H groups in total. The van der Waals surface area contributed by atoms with Gasteiger partial charge in [-0.3, -0.25) is 14.5 Å². The Morgan fingerprint density at radius 3 is 2.07 bits per heavy atom. The summed E-state index contributed by atoms with van der Waals surface area (Å²) >= 11 is 24.0. The van der Waals surface area contributed by atoms with Crippen molar-refractivity contribution >= 4 is 64.0 Å². The Labute approximate surface area is 182 Å². The maximum atomic E-state index is 13.6. The van der Waals surface area contributed by atoms with Gasteiger partial charge in [0.1, 0.15) is 18.0 Å². The number of ether oxygens (including phenoxy) is 1. The molecule has 0 heterocycles. The first-order valence-corrected chi connectivity index (χ1v) is 9.53. The predicted molar refractivity (Wildman–Crippen MR) is 110 cm³/mol. The minimum Gasteiger partial charge on any atom is -0.459 e. The molecular formula is C19H16Cl4FNO3. The maximum absolute atomic E-state index is 13.6. The Morgan fingerprint density at radius 1 is 1.00 bits per heavy atom. The molecule has 2 rings (SSSR count). The molecule has 2 aromatic carbocycles. The average Bonchev–Trinajstić information content (AvgIpc) is 2.52. The summed E-state index contributed by atoms with van der Waals surface area (Å²) in [4.78, 5) is 26.6. The smallest absolute Gasteiger partial charge is 0.326 e. The van der Waals surface area contributed by atoms with Gasteiger partial charge in [-0.15, -0.1) is 0 Å². The van der Waals surface area contributed by atoms with Crippen LogP contribution >= 0.6 is 46.4 Å². The summed E-state index contributed by atoms with van der Waals surface area (Å²) in [5.41, 5.74) is -0.650. The molecule has 0 unspecified atom stereocenters. The molecule has 28 heavy (non-hydrogen) atoms. The molecule has 0 radical (unpaired) electrons. The summed E-state index contributed by atoms with van der Waals surface area (Å²) < 4.78 is 18.8. The Morgan fingerprint density at radius 2 is 1.57 bits per heavy atom. The van der Waals surface area contributed by atoms with Gasteiger partial charge in [-0.05, 0) is 51.1 Å². The fourth-order valence-electron chi connectivity index (χ4n) is 2.32. The SMILES string of the molecule is CC(C)(C)OC(=O)CN(C(=O)c1c(Cl)cc(Cl)cc1Cl)c1ccc(F)c(Cl)c1. The van der Waals surface area contributed by atoms with Crippen LogP contribution in [0.1, 0.15) is 31.1 Å². The van der Waals surface area contributed by atoms with Gasteiger partial charge >= 0.3 is 5.97 Å². The summed E-state index contributed by atoms with van der Waals surface area (Å²) in [5, 5.41) is 0.0395. The molecule has 0 aliphatic rings. The van der Waals surface area contributed by atoms with Crippen LogP contribution in [0.2, 0.25) is 20.1 Å². The molecule has 1 amide bonds. The zero-order valence-electron chi connectivity index (χ0n) is 15.2. The van der Waals surface area contributed by atoms with Crippen molar-refractivity contribution in [1.29, 1.82) is 0 Å². The number of nitrogens with zero attached hydrogens (tertiary/aromatic N) is 1. The standard InChI is InChI=1S/C19H16Cl4FNO3/c1-19(2,3)28-16(26)9-25(11-4-5-15(24)12(21)8-11)18(27)17-13(22)6-10(20)7-14(17)23/h4-8H,9H2,1-3H3. The third kappa shape index (κ3) is 5.74. The average molecular weight is 467 g/mol. The van der Waals surface area contributed by atoms with Crippen molar-refractivity contribution < 1.29 is 18.7 Å². The van der Waals surface area contributed by atoms with Gasteiger partial charge in [-0.1, -0.05) is 46.4 Å². The lowest BCUT2D eigenvalue weighted by Crippen LogP contribution is -2.39. The molecular weight excluding hydrogens is 451 g/mol. The molecule has 0 aromatic heterocycles. The molecule has 9 heteroatoms. The third-order valence-corrected chi connectivity index (χ3v) is 4.49. The Hall–Kier alpha value is -1.53. The number of esters is 1. The van der Waals surface area contributed by atoms with E-state index in [1.54, 1.807) is 20.8 Å². The van der Waals surface area contributed by atoms with Gasteiger partial charge in [0, 0.05) is 10.7 Å². The normalized spacial score (nSPS) is 11.3. The van der Waals surface area contributed by atoms with E-state index in [1.165, 1.54) is 24.3 Å². The van der Waals surface area contributed by atoms with E-state index in [-0.39, 0.29) is 31.3 Å². The Kier molecular flexibility index (Phi) is 7.21. The van der Waals surface area contributed by atoms with E-state index in [4.69, 9.17) is 51.1 Å². The number of hydrogen-bond donors (Lipinski definition) is 0. The first-order chi connectivity index (χ1) is 12.9. The highest BCUT2D eigenvalue weighted by Crippen LogP contribution is 2.32. The molecule has 0 fully saturated rings. The lowest BCUT2D eigenvalue weighted by molar-refractivity contribution is -0.152. The quantitative estimate of drug-likeness (QED) is 0.488. The van der Waals surface area contributed by atoms with E-state index in [2.05, 4.69) is 0 Å². The second kappa shape index (κ2) is 8.87. The van der Waals surface area contributed by atoms with Gasteiger partial charge in [-0.2, -0.15) is 0 Å². The van der Waals surface area contributed by atoms with E-state index < -0.39 is 29.8 Å². The van der Waals surface area contributed by atoms with Crippen molar-refractivity contribution in [2.24, 2.45) is 0 Å². The lowest BCUT2D eigenvalue weighted by Gasteiger charge is -2.26. The molecule has 150 valence electrons. The van der Waals surface area contributed by atoms with Crippen LogP contribution in [-0.4, -0.2) is 24.0 Å². The Bertz CT molecular complexity index is 905. The molecule has 0 saturated carbocycles. The van der Waals surface area contributed by atoms with E-state index in [9.17, 15) is 14.0 Å². The van der Waals surface area contributed by atoms with Crippen LogP contribution in [0.4, 0.5) is 10.1 Å². The summed E-state index contributed by atoms with van der Waals surface area (Å²) in [5.74, 6) is -2.04. The number of carbonyl (C=O) groups excluding carboxylic acids is 2. The molecule has 0 aliphatic heterocycles. The molecule has 0 saturated heterocycles. The topological polar surface area (TPSA) is 46.6 Å². The summed E-state index contributed by atoms with van der Waals surface area (Å²) in [6.07, 6.45) is 0. The molecule has 0 atom stereocenters. The molecule has 0 aliphatic carbocycles. The fraction of sp³-hybridized carbons (Fsp3) is 0.263. The number of anilines is 1. The zero-order valence-corrected chi connectivity index (χ0v) is 18.2. The highest BCUT2D eigenvalue weighted by molar-refractivity contribution is 6.43. The van der Waals surface area contributed by atoms with E-state index in [1.807, 2.05) is 0 Å². The van der Waals surface area contributed by atoms with Gasteiger partial charge in [-0.25, -0.2) is 4.39 Å². The van der Waals surface area contributed by atoms with E-state index in [0.29, 0.717) is 0 Å². The monoisotopic (exact) mass is 465 g/mol. The zero-order chi connectivity index (χ0) is 21.2. The molecule has 4 nitrogen and oxygen atoms in total. The Balaban J connectivity index is 2.50. The van der Waals surface area contributed by atoms with Crippen LogP contribution in [0.15, 0.2) is 30.3 Å². The number of rotatable bonds is 4. The first kappa shape index (κ1) is 22.8. The fourth-order valence-corrected chi connectivity index (χ4v) is 3.47. The number of hydrogen-bond acceptors (Lipinski definition) is 3. The predicted octanol–water partition coefficient (Wildman–Crippen LogP) is 6.43. The van der Waals surface area contributed by atoms with Crippen molar-refractivity contribution in [3.05, 3.63) is 61.8 Å². The summed E-state index contributed by atoms with van der Waals surface area (Å²) in [7, 11) is 0. The second-order valence-corrected chi connectivity index (χ2v) is 8.48. The second-order valence-electron chi connectivity index (χ2n) is 6.82. The summed E-state index contributed by atoms with van der Waals surface area (Å²) in [6, 6.07) is 6.31. The van der Waals surface area contributed by atoms with Gasteiger partial charge in [0.2, 0.25) is 0 Å². The number of amides is 1. The summed E-state index contributed by atoms with van der Waals surface area (Å²) in [6.45, 7) is 4.61. The number of benzene rings is 2. The minimum absolute atomic E-state index is 0.00453. The highest BCUT2D eigenvalue weighted by Gasteiger charge is 2.28. The highest BCUT2D eigenvalue weighted by atomic mass is 35.5. The maximum Gasteiger partial charge on any atom is 0.326 e. The van der Waals surface area contributed by atoms with Crippen LogP contribution in [0, 0.1) is 5.82 Å². The van der Waals surface area contributed by atoms with Gasteiger partial charge < -0.3 is 4.74 Å². The van der Waals surface area contributed by atoms with Crippen LogP contribution in [0.3, 0.4) is 0 Å². The van der Waals surface area contributed by atoms with Crippen LogP contribution in [0.25, 0.3) is 0 Å². The largest absolute Gasteiger partial charge is 0.459 e. The molecule has 0 bridgehead atoms. The number of carbonyl (C=O) groups is 2.